The largest absolute Gasteiger partial charge is 0.467 e. The SMILES string of the molecule is COC(=O)[C@H](Cc1ccc(Cl)c(Br)c1)NC(=O)c1ccc(I)cc1NS(=O)(=O)c1nccc2sncc12. The molecule has 37 heavy (non-hydrogen) atoms. The molecule has 2 heterocycles. The molecule has 9 nitrogen and oxygen atoms in total. The number of nitrogens with one attached hydrogen (secondary N) is 2. The summed E-state index contributed by atoms with van der Waals surface area (Å²) in [6.07, 6.45) is 2.93. The van der Waals surface area contributed by atoms with Gasteiger partial charge in [0.2, 0.25) is 0 Å². The Kier molecular flexibility index (Phi) is 8.68. The second-order valence-corrected chi connectivity index (χ2v) is 12.6. The van der Waals surface area contributed by atoms with Crippen molar-refractivity contribution in [3.05, 3.63) is 79.1 Å². The van der Waals surface area contributed by atoms with Gasteiger partial charge < -0.3 is 10.1 Å². The molecule has 1 amide bonds. The van der Waals surface area contributed by atoms with E-state index in [1.807, 2.05) is 22.6 Å². The number of methoxy groups -OCH3 is 1. The predicted molar refractivity (Wildman–Crippen MR) is 154 cm³/mol. The monoisotopic (exact) mass is 734 g/mol. The number of ether oxygens (including phenoxy) is 1. The van der Waals surface area contributed by atoms with Gasteiger partial charge in [-0.1, -0.05) is 17.7 Å². The third-order valence-corrected chi connectivity index (χ3v) is 9.16. The summed E-state index contributed by atoms with van der Waals surface area (Å²) in [5.41, 5.74) is 0.772. The fraction of sp³-hybridized carbons (Fsp3) is 0.130. The average Bonchev–Trinajstić information content (AvgIpc) is 3.34. The van der Waals surface area contributed by atoms with Gasteiger partial charge in [-0.2, -0.15) is 12.8 Å². The van der Waals surface area contributed by atoms with E-state index in [2.05, 4.69) is 35.3 Å². The molecule has 14 heteroatoms. The number of sulfonamides is 1. The smallest absolute Gasteiger partial charge is 0.328 e. The third kappa shape index (κ3) is 6.39. The number of esters is 1. The van der Waals surface area contributed by atoms with E-state index < -0.39 is 27.9 Å². The molecule has 0 saturated carbocycles. The molecular weight excluding hydrogens is 719 g/mol. The molecule has 0 unspecified atom stereocenters. The van der Waals surface area contributed by atoms with E-state index in [0.29, 0.717) is 23.2 Å². The first-order chi connectivity index (χ1) is 17.6. The maximum Gasteiger partial charge on any atom is 0.328 e. The van der Waals surface area contributed by atoms with Crippen LogP contribution in [0.15, 0.2) is 64.4 Å². The van der Waals surface area contributed by atoms with Gasteiger partial charge in [0.25, 0.3) is 15.9 Å². The highest BCUT2D eigenvalue weighted by Gasteiger charge is 2.27. The number of carbonyl (C=O) groups excluding carboxylic acids is 2. The molecule has 2 aromatic heterocycles. The zero-order valence-corrected chi connectivity index (χ0v) is 25.0. The van der Waals surface area contributed by atoms with Gasteiger partial charge in [-0.05, 0) is 92.0 Å². The normalized spacial score (nSPS) is 12.2. The summed E-state index contributed by atoms with van der Waals surface area (Å²) in [6.45, 7) is 0. The van der Waals surface area contributed by atoms with E-state index in [4.69, 9.17) is 16.3 Å². The lowest BCUT2D eigenvalue weighted by atomic mass is 10.0. The second kappa shape index (κ2) is 11.6. The summed E-state index contributed by atoms with van der Waals surface area (Å²) in [7, 11) is -2.96. The molecule has 0 aliphatic rings. The van der Waals surface area contributed by atoms with E-state index >= 15 is 0 Å². The zero-order chi connectivity index (χ0) is 26.7. The highest BCUT2D eigenvalue weighted by Crippen LogP contribution is 2.28. The summed E-state index contributed by atoms with van der Waals surface area (Å²) >= 11 is 12.6. The molecular formula is C23H17BrClIN4O5S2. The number of amides is 1. The minimum Gasteiger partial charge on any atom is -0.467 e. The van der Waals surface area contributed by atoms with Gasteiger partial charge in [-0.25, -0.2) is 9.78 Å². The van der Waals surface area contributed by atoms with Crippen LogP contribution in [0.3, 0.4) is 0 Å². The third-order valence-electron chi connectivity index (χ3n) is 5.19. The number of pyridine rings is 1. The lowest BCUT2D eigenvalue weighted by Gasteiger charge is -2.19. The number of fused-ring (bicyclic) bond motifs is 1. The number of benzene rings is 2. The molecule has 0 bridgehead atoms. The van der Waals surface area contributed by atoms with Crippen LogP contribution in [-0.2, 0) is 26.0 Å². The number of nitrogens with zero attached hydrogens (tertiary/aromatic N) is 2. The van der Waals surface area contributed by atoms with E-state index in [1.54, 1.807) is 30.3 Å². The van der Waals surface area contributed by atoms with E-state index in [0.717, 1.165) is 17.1 Å². The summed E-state index contributed by atoms with van der Waals surface area (Å²) in [4.78, 5) is 29.8. The Hall–Kier alpha value is -2.33. The first-order valence-corrected chi connectivity index (χ1v) is 14.9. The number of anilines is 1. The van der Waals surface area contributed by atoms with Crippen molar-refractivity contribution in [2.45, 2.75) is 17.5 Å². The van der Waals surface area contributed by atoms with Crippen molar-refractivity contribution in [2.24, 2.45) is 0 Å². The van der Waals surface area contributed by atoms with Crippen LogP contribution in [0.25, 0.3) is 10.1 Å². The Morgan fingerprint density at radius 1 is 1.22 bits per heavy atom. The van der Waals surface area contributed by atoms with Crippen LogP contribution < -0.4 is 10.0 Å². The Morgan fingerprint density at radius 2 is 2.00 bits per heavy atom. The first kappa shape index (κ1) is 27.7. The number of aromatic nitrogens is 2. The number of halogens is 3. The van der Waals surface area contributed by atoms with Crippen molar-refractivity contribution in [1.29, 1.82) is 0 Å². The molecule has 2 aromatic carbocycles. The van der Waals surface area contributed by atoms with E-state index in [-0.39, 0.29) is 22.7 Å². The highest BCUT2D eigenvalue weighted by molar-refractivity contribution is 14.1. The maximum atomic E-state index is 13.3. The lowest BCUT2D eigenvalue weighted by Crippen LogP contribution is -2.43. The van der Waals surface area contributed by atoms with Crippen LogP contribution in [0.1, 0.15) is 15.9 Å². The molecule has 0 radical (unpaired) electrons. The standard InChI is InChI=1S/C23H17BrClIN4O5S2/c1-35-23(32)19(9-12-2-5-17(25)16(24)8-12)29-21(31)14-4-3-13(26)10-18(14)30-37(33,34)22-15-11-28-36-20(15)6-7-27-22/h2-8,10-11,19,30H,9H2,1H3,(H,29,31)/t19-/m0/s1. The minimum atomic E-state index is -4.18. The van der Waals surface area contributed by atoms with Gasteiger partial charge in [-0.3, -0.25) is 9.52 Å². The van der Waals surface area contributed by atoms with Crippen molar-refractivity contribution < 1.29 is 22.7 Å². The topological polar surface area (TPSA) is 127 Å². The highest BCUT2D eigenvalue weighted by atomic mass is 127. The Balaban J connectivity index is 1.63. The maximum absolute atomic E-state index is 13.3. The van der Waals surface area contributed by atoms with Crippen molar-refractivity contribution in [2.75, 3.05) is 11.8 Å². The summed E-state index contributed by atoms with van der Waals surface area (Å²) in [5.74, 6) is -1.33. The van der Waals surface area contributed by atoms with Crippen LogP contribution in [0.2, 0.25) is 5.02 Å². The summed E-state index contributed by atoms with van der Waals surface area (Å²) in [6, 6.07) is 10.4. The van der Waals surface area contributed by atoms with Gasteiger partial charge in [0.1, 0.15) is 6.04 Å². The van der Waals surface area contributed by atoms with Crippen LogP contribution in [0.5, 0.6) is 0 Å². The molecule has 2 N–H and O–H groups in total. The zero-order valence-electron chi connectivity index (χ0n) is 18.9. The van der Waals surface area contributed by atoms with Gasteiger partial charge >= 0.3 is 5.97 Å². The fourth-order valence-electron chi connectivity index (χ4n) is 3.45. The van der Waals surface area contributed by atoms with Crippen molar-refractivity contribution in [3.63, 3.8) is 0 Å². The summed E-state index contributed by atoms with van der Waals surface area (Å²) < 4.78 is 39.9. The van der Waals surface area contributed by atoms with Crippen LogP contribution in [0, 0.1) is 3.57 Å². The van der Waals surface area contributed by atoms with Crippen molar-refractivity contribution in [1.82, 2.24) is 14.7 Å². The van der Waals surface area contributed by atoms with Crippen LogP contribution >= 0.6 is 61.7 Å². The van der Waals surface area contributed by atoms with Gasteiger partial charge in [-0.15, -0.1) is 0 Å². The molecule has 0 saturated heterocycles. The minimum absolute atomic E-state index is 0.0193. The average molecular weight is 736 g/mol. The first-order valence-electron chi connectivity index (χ1n) is 10.4. The molecule has 4 aromatic rings. The predicted octanol–water partition coefficient (Wildman–Crippen LogP) is 5.03. The number of hydrogen-bond donors (Lipinski definition) is 2. The van der Waals surface area contributed by atoms with Gasteiger partial charge in [0, 0.05) is 20.7 Å². The molecule has 0 aliphatic heterocycles. The number of carbonyl (C=O) groups is 2. The van der Waals surface area contributed by atoms with Crippen LogP contribution in [0.4, 0.5) is 5.69 Å². The van der Waals surface area contributed by atoms with Crippen molar-refractivity contribution in [3.8, 4) is 0 Å². The number of rotatable bonds is 8. The molecule has 0 aliphatic carbocycles. The second-order valence-electron chi connectivity index (χ2n) is 7.65. The van der Waals surface area contributed by atoms with Gasteiger partial charge in [0.05, 0.1) is 39.7 Å². The molecule has 0 spiro atoms. The Labute approximate surface area is 243 Å². The summed E-state index contributed by atoms with van der Waals surface area (Å²) in [5, 5.41) is 3.32. The Morgan fingerprint density at radius 3 is 2.73 bits per heavy atom. The van der Waals surface area contributed by atoms with Gasteiger partial charge in [0.15, 0.2) is 5.03 Å². The number of hydrogen-bond acceptors (Lipinski definition) is 8. The van der Waals surface area contributed by atoms with Crippen molar-refractivity contribution >= 4 is 99.3 Å². The quantitative estimate of drug-likeness (QED) is 0.192. The van der Waals surface area contributed by atoms with E-state index in [1.165, 1.54) is 31.6 Å². The molecule has 1 atom stereocenters. The molecule has 192 valence electrons. The molecule has 4 rings (SSSR count). The van der Waals surface area contributed by atoms with E-state index in [9.17, 15) is 18.0 Å². The lowest BCUT2D eigenvalue weighted by molar-refractivity contribution is -0.142. The fourth-order valence-corrected chi connectivity index (χ4v) is 6.40. The Bertz CT molecular complexity index is 1620. The van der Waals surface area contributed by atoms with Crippen LogP contribution in [-0.4, -0.2) is 42.8 Å². The molecule has 0 fully saturated rings.